The molecule has 0 aliphatic heterocycles. The molecule has 1 heterocycles. The molecule has 1 N–H and O–H groups in total. The third-order valence-electron chi connectivity index (χ3n) is 2.44. The predicted molar refractivity (Wildman–Crippen MR) is 72.1 cm³/mol. The van der Waals surface area contributed by atoms with E-state index in [1.807, 2.05) is 0 Å². The van der Waals surface area contributed by atoms with E-state index in [1.165, 1.54) is 0 Å². The van der Waals surface area contributed by atoms with E-state index in [4.69, 9.17) is 16.7 Å². The molecule has 0 amide bonds. The van der Waals surface area contributed by atoms with Gasteiger partial charge in [0.05, 0.1) is 11.4 Å². The van der Waals surface area contributed by atoms with Crippen molar-refractivity contribution < 1.29 is 18.7 Å². The normalized spacial score (nSPS) is 12.1. The Bertz CT molecular complexity index is 693. The van der Waals surface area contributed by atoms with Gasteiger partial charge in [-0.3, -0.25) is 4.21 Å². The fourth-order valence-electron chi connectivity index (χ4n) is 1.61. The monoisotopic (exact) mass is 311 g/mol. The zero-order valence-electron chi connectivity index (χ0n) is 9.95. The van der Waals surface area contributed by atoms with Crippen molar-refractivity contribution >= 4 is 28.7 Å². The second-order valence-electron chi connectivity index (χ2n) is 3.78. The molecule has 8 heteroatoms. The first-order chi connectivity index (χ1) is 9.49. The van der Waals surface area contributed by atoms with Crippen LogP contribution < -0.4 is 0 Å². The Kier molecular flexibility index (Phi) is 4.43. The first-order valence-corrected chi connectivity index (χ1v) is 7.01. The molecule has 6 nitrogen and oxygen atoms in total. The molecule has 0 bridgehead atoms. The average molecular weight is 312 g/mol. The molecule has 2 aromatic rings. The molecule has 0 saturated heterocycles. The Morgan fingerprint density at radius 2 is 2.10 bits per heavy atom. The van der Waals surface area contributed by atoms with Crippen LogP contribution in [-0.2, 0) is 16.8 Å². The van der Waals surface area contributed by atoms with Crippen molar-refractivity contribution in [2.45, 2.75) is 5.75 Å². The van der Waals surface area contributed by atoms with Crippen LogP contribution in [0.3, 0.4) is 0 Å². The van der Waals surface area contributed by atoms with Crippen LogP contribution >= 0.6 is 11.6 Å². The Balaban J connectivity index is 2.61. The number of benzene rings is 1. The molecule has 0 saturated carbocycles. The van der Waals surface area contributed by atoms with Gasteiger partial charge in [0.15, 0.2) is 0 Å². The van der Waals surface area contributed by atoms with Gasteiger partial charge in [0.2, 0.25) is 0 Å². The molecule has 0 radical (unpaired) electrons. The summed E-state index contributed by atoms with van der Waals surface area (Å²) in [5.41, 5.74) is 0.365. The van der Waals surface area contributed by atoms with Crippen LogP contribution in [-0.4, -0.2) is 29.8 Å². The van der Waals surface area contributed by atoms with E-state index < -0.39 is 22.8 Å². The molecule has 0 spiro atoms. The van der Waals surface area contributed by atoms with Crippen LogP contribution in [0.15, 0.2) is 30.5 Å². The number of hydrogen-bond acceptors (Lipinski definition) is 5. The lowest BCUT2D eigenvalue weighted by molar-refractivity contribution is 0.0697. The number of aromatic carboxylic acids is 1. The molecule has 1 aromatic heterocycles. The van der Waals surface area contributed by atoms with E-state index in [1.54, 1.807) is 24.3 Å². The van der Waals surface area contributed by atoms with Crippen LogP contribution in [0.25, 0.3) is 11.3 Å². The van der Waals surface area contributed by atoms with Gasteiger partial charge in [0, 0.05) is 16.8 Å². The van der Waals surface area contributed by atoms with Crippen molar-refractivity contribution in [1.82, 2.24) is 9.97 Å². The number of nitrogens with zero attached hydrogens (tertiary/aromatic N) is 2. The summed E-state index contributed by atoms with van der Waals surface area (Å²) in [6.07, 6.45) is 1.08. The summed E-state index contributed by atoms with van der Waals surface area (Å²) in [7, 11) is 0. The zero-order valence-corrected chi connectivity index (χ0v) is 11.5. The van der Waals surface area contributed by atoms with E-state index >= 15 is 0 Å². The van der Waals surface area contributed by atoms with Crippen molar-refractivity contribution in [2.75, 3.05) is 0 Å². The lowest BCUT2D eigenvalue weighted by Gasteiger charge is -2.10. The van der Waals surface area contributed by atoms with E-state index in [2.05, 4.69) is 9.97 Å². The van der Waals surface area contributed by atoms with Crippen molar-refractivity contribution in [3.05, 3.63) is 46.9 Å². The van der Waals surface area contributed by atoms with Gasteiger partial charge in [-0.2, -0.15) is 0 Å². The summed E-state index contributed by atoms with van der Waals surface area (Å²) in [6.45, 7) is 0. The number of carboxylic acids is 1. The summed E-state index contributed by atoms with van der Waals surface area (Å²) in [4.78, 5) is 18.9. The largest absolute Gasteiger partial charge is 0.772 e. The fraction of sp³-hybridized carbons (Fsp3) is 0.0833. The second-order valence-corrected chi connectivity index (χ2v) is 5.08. The number of hydrogen-bond donors (Lipinski definition) is 1. The standard InChI is InChI=1S/C12H9ClN2O4S/c13-9-4-2-1-3-7(9)11-8(12(16)17)5-14-10(15-11)6-20(18)19/h1-5H,6H2,(H,16,17)(H,18,19)/p-1. The van der Waals surface area contributed by atoms with Gasteiger partial charge >= 0.3 is 5.97 Å². The van der Waals surface area contributed by atoms with Crippen molar-refractivity contribution in [2.24, 2.45) is 0 Å². The summed E-state index contributed by atoms with van der Waals surface area (Å²) < 4.78 is 21.4. The SMILES string of the molecule is O=C(O)c1cnc(CS(=O)[O-])nc1-c1ccccc1Cl. The van der Waals surface area contributed by atoms with Crippen LogP contribution in [0.5, 0.6) is 0 Å². The van der Waals surface area contributed by atoms with Crippen LogP contribution in [0.1, 0.15) is 16.2 Å². The smallest absolute Gasteiger partial charge is 0.339 e. The Labute approximate surface area is 121 Å². The fourth-order valence-corrected chi connectivity index (χ4v) is 2.18. The maximum Gasteiger partial charge on any atom is 0.339 e. The third-order valence-corrected chi connectivity index (χ3v) is 3.27. The molecule has 20 heavy (non-hydrogen) atoms. The molecule has 1 atom stereocenters. The van der Waals surface area contributed by atoms with Crippen molar-refractivity contribution in [3.8, 4) is 11.3 Å². The Morgan fingerprint density at radius 1 is 1.40 bits per heavy atom. The summed E-state index contributed by atoms with van der Waals surface area (Å²) in [5.74, 6) is -1.59. The van der Waals surface area contributed by atoms with Gasteiger partial charge in [-0.25, -0.2) is 14.8 Å². The first kappa shape index (κ1) is 14.6. The minimum absolute atomic E-state index is 0.0123. The molecule has 0 aliphatic rings. The van der Waals surface area contributed by atoms with Crippen molar-refractivity contribution in [1.29, 1.82) is 0 Å². The second kappa shape index (κ2) is 6.08. The van der Waals surface area contributed by atoms with Gasteiger partial charge in [0.1, 0.15) is 11.4 Å². The van der Waals surface area contributed by atoms with Gasteiger partial charge < -0.3 is 9.66 Å². The van der Waals surface area contributed by atoms with E-state index in [9.17, 15) is 13.6 Å². The maximum absolute atomic E-state index is 11.2. The summed E-state index contributed by atoms with van der Waals surface area (Å²) in [5, 5.41) is 9.47. The van der Waals surface area contributed by atoms with E-state index in [0.29, 0.717) is 10.6 Å². The minimum Gasteiger partial charge on any atom is -0.772 e. The van der Waals surface area contributed by atoms with Crippen LogP contribution in [0.4, 0.5) is 0 Å². The molecular formula is C12H8ClN2O4S-. The topological polar surface area (TPSA) is 103 Å². The molecular weight excluding hydrogens is 304 g/mol. The highest BCUT2D eigenvalue weighted by molar-refractivity contribution is 7.78. The van der Waals surface area contributed by atoms with Crippen molar-refractivity contribution in [3.63, 3.8) is 0 Å². The minimum atomic E-state index is -2.36. The zero-order chi connectivity index (χ0) is 14.7. The van der Waals surface area contributed by atoms with Gasteiger partial charge in [0.25, 0.3) is 0 Å². The number of carbonyl (C=O) groups is 1. The van der Waals surface area contributed by atoms with Gasteiger partial charge in [-0.1, -0.05) is 29.8 Å². The number of aromatic nitrogens is 2. The van der Waals surface area contributed by atoms with E-state index in [-0.39, 0.29) is 17.1 Å². The molecule has 1 unspecified atom stereocenters. The highest BCUT2D eigenvalue weighted by Gasteiger charge is 2.17. The molecule has 2 rings (SSSR count). The number of carboxylic acid groups (broad SMARTS) is 1. The van der Waals surface area contributed by atoms with Crippen LogP contribution in [0, 0.1) is 0 Å². The third kappa shape index (κ3) is 3.19. The first-order valence-electron chi connectivity index (χ1n) is 5.39. The van der Waals surface area contributed by atoms with Crippen LogP contribution in [0.2, 0.25) is 5.02 Å². The molecule has 0 fully saturated rings. The van der Waals surface area contributed by atoms with E-state index in [0.717, 1.165) is 6.20 Å². The molecule has 104 valence electrons. The lowest BCUT2D eigenvalue weighted by Crippen LogP contribution is -2.08. The highest BCUT2D eigenvalue weighted by Crippen LogP contribution is 2.28. The average Bonchev–Trinajstić information content (AvgIpc) is 2.38. The Hall–Kier alpha value is -1.83. The van der Waals surface area contributed by atoms with Gasteiger partial charge in [-0.05, 0) is 17.1 Å². The highest BCUT2D eigenvalue weighted by atomic mass is 35.5. The quantitative estimate of drug-likeness (QED) is 0.865. The lowest BCUT2D eigenvalue weighted by atomic mass is 10.1. The summed E-state index contributed by atoms with van der Waals surface area (Å²) >= 11 is 3.66. The maximum atomic E-state index is 11.2. The Morgan fingerprint density at radius 3 is 2.70 bits per heavy atom. The number of halogens is 1. The van der Waals surface area contributed by atoms with Gasteiger partial charge in [-0.15, -0.1) is 0 Å². The summed E-state index contributed by atoms with van der Waals surface area (Å²) in [6, 6.07) is 6.58. The molecule has 1 aromatic carbocycles. The molecule has 0 aliphatic carbocycles. The number of rotatable bonds is 4. The predicted octanol–water partition coefficient (Wildman–Crippen LogP) is 1.87.